The lowest BCUT2D eigenvalue weighted by Crippen LogP contribution is -2.44. The first-order valence-electron chi connectivity index (χ1n) is 6.24. The zero-order chi connectivity index (χ0) is 13.4. The smallest absolute Gasteiger partial charge is 0.289 e. The number of ether oxygens (including phenoxy) is 1. The molecule has 1 amide bonds. The summed E-state index contributed by atoms with van der Waals surface area (Å²) in [6.07, 6.45) is 0.0776. The van der Waals surface area contributed by atoms with Crippen LogP contribution in [0.15, 0.2) is 33.2 Å². The minimum absolute atomic E-state index is 0.0711. The fraction of sp³-hybridized carbons (Fsp3) is 0.357. The van der Waals surface area contributed by atoms with Crippen molar-refractivity contribution in [1.82, 2.24) is 4.90 Å². The number of fused-ring (bicyclic) bond motifs is 1. The lowest BCUT2D eigenvalue weighted by atomic mass is 10.2. The minimum Gasteiger partial charge on any atom is -0.450 e. The second kappa shape index (κ2) is 4.98. The second-order valence-electron chi connectivity index (χ2n) is 4.70. The van der Waals surface area contributed by atoms with Gasteiger partial charge in [0.15, 0.2) is 5.76 Å². The summed E-state index contributed by atoms with van der Waals surface area (Å²) < 4.78 is 12.0. The number of rotatable bonds is 1. The number of carbonyl (C=O) groups excluding carboxylic acids is 1. The molecule has 1 aromatic carbocycles. The quantitative estimate of drug-likeness (QED) is 0.810. The first-order valence-corrected chi connectivity index (χ1v) is 7.03. The highest BCUT2D eigenvalue weighted by atomic mass is 79.9. The molecule has 1 atom stereocenters. The van der Waals surface area contributed by atoms with Gasteiger partial charge in [0.2, 0.25) is 0 Å². The van der Waals surface area contributed by atoms with Crippen molar-refractivity contribution in [2.24, 2.45) is 0 Å². The molecule has 1 aliphatic rings. The van der Waals surface area contributed by atoms with Crippen molar-refractivity contribution < 1.29 is 13.9 Å². The Bertz CT molecular complexity index is 622. The predicted octanol–water partition coefficient (Wildman–Crippen LogP) is 3.06. The molecule has 1 saturated heterocycles. The van der Waals surface area contributed by atoms with Gasteiger partial charge in [-0.3, -0.25) is 4.79 Å². The summed E-state index contributed by atoms with van der Waals surface area (Å²) in [5, 5.41) is 0.930. The topological polar surface area (TPSA) is 42.7 Å². The van der Waals surface area contributed by atoms with Gasteiger partial charge in [0.05, 0.1) is 17.2 Å². The number of carbonyl (C=O) groups is 1. The molecule has 2 aromatic rings. The second-order valence-corrected chi connectivity index (χ2v) is 5.56. The maximum atomic E-state index is 12.4. The van der Waals surface area contributed by atoms with Crippen molar-refractivity contribution in [3.8, 4) is 0 Å². The number of hydrogen-bond donors (Lipinski definition) is 0. The van der Waals surface area contributed by atoms with Crippen LogP contribution in [0.25, 0.3) is 11.0 Å². The van der Waals surface area contributed by atoms with Gasteiger partial charge in [-0.25, -0.2) is 0 Å². The lowest BCUT2D eigenvalue weighted by molar-refractivity contribution is -0.0134. The third-order valence-corrected chi connectivity index (χ3v) is 3.86. The number of halogens is 1. The van der Waals surface area contributed by atoms with Gasteiger partial charge in [-0.1, -0.05) is 12.1 Å². The third-order valence-electron chi connectivity index (χ3n) is 3.24. The Morgan fingerprint density at radius 2 is 2.32 bits per heavy atom. The third kappa shape index (κ3) is 2.40. The summed E-state index contributed by atoms with van der Waals surface area (Å²) in [5.41, 5.74) is 0.715. The van der Waals surface area contributed by atoms with E-state index in [1.807, 2.05) is 25.1 Å². The molecule has 5 heteroatoms. The van der Waals surface area contributed by atoms with E-state index in [1.165, 1.54) is 0 Å². The Hall–Kier alpha value is -1.33. The van der Waals surface area contributed by atoms with Crippen LogP contribution in [0.5, 0.6) is 0 Å². The van der Waals surface area contributed by atoms with E-state index in [-0.39, 0.29) is 12.0 Å². The molecule has 0 bridgehead atoms. The van der Waals surface area contributed by atoms with Crippen LogP contribution in [0.3, 0.4) is 0 Å². The number of furan rings is 1. The van der Waals surface area contributed by atoms with Crippen LogP contribution >= 0.6 is 15.9 Å². The van der Waals surface area contributed by atoms with Gasteiger partial charge in [0.1, 0.15) is 5.58 Å². The molecule has 1 fully saturated rings. The van der Waals surface area contributed by atoms with E-state index in [1.54, 1.807) is 11.0 Å². The van der Waals surface area contributed by atoms with Crippen molar-refractivity contribution in [1.29, 1.82) is 0 Å². The molecule has 0 aliphatic carbocycles. The number of amides is 1. The predicted molar refractivity (Wildman–Crippen MR) is 75.2 cm³/mol. The molecule has 4 nitrogen and oxygen atoms in total. The molecule has 0 saturated carbocycles. The van der Waals surface area contributed by atoms with Crippen LogP contribution in [-0.4, -0.2) is 36.6 Å². The van der Waals surface area contributed by atoms with E-state index in [9.17, 15) is 4.79 Å². The Kier molecular flexibility index (Phi) is 3.33. The molecule has 100 valence electrons. The minimum atomic E-state index is -0.0711. The van der Waals surface area contributed by atoms with Crippen LogP contribution in [0.1, 0.15) is 17.5 Å². The van der Waals surface area contributed by atoms with Gasteiger partial charge in [-0.2, -0.15) is 0 Å². The fourth-order valence-electron chi connectivity index (χ4n) is 2.29. The largest absolute Gasteiger partial charge is 0.450 e. The van der Waals surface area contributed by atoms with E-state index in [2.05, 4.69) is 15.9 Å². The Morgan fingerprint density at radius 3 is 3.05 bits per heavy atom. The number of morpholine rings is 1. The number of benzene rings is 1. The van der Waals surface area contributed by atoms with E-state index in [0.29, 0.717) is 31.0 Å². The van der Waals surface area contributed by atoms with E-state index >= 15 is 0 Å². The molecule has 1 aromatic heterocycles. The van der Waals surface area contributed by atoms with Gasteiger partial charge < -0.3 is 14.1 Å². The monoisotopic (exact) mass is 323 g/mol. The Labute approximate surface area is 119 Å². The van der Waals surface area contributed by atoms with Gasteiger partial charge in [-0.15, -0.1) is 0 Å². The average molecular weight is 324 g/mol. The number of para-hydroxylation sites is 1. The van der Waals surface area contributed by atoms with Crippen molar-refractivity contribution >= 4 is 32.8 Å². The normalized spacial score (nSPS) is 19.9. The maximum absolute atomic E-state index is 12.4. The summed E-state index contributed by atoms with van der Waals surface area (Å²) in [7, 11) is 0. The molecular weight excluding hydrogens is 310 g/mol. The van der Waals surface area contributed by atoms with Crippen molar-refractivity contribution in [3.05, 3.63) is 34.5 Å². The zero-order valence-electron chi connectivity index (χ0n) is 10.6. The summed E-state index contributed by atoms with van der Waals surface area (Å²) >= 11 is 3.43. The van der Waals surface area contributed by atoms with Crippen molar-refractivity contribution in [2.45, 2.75) is 13.0 Å². The number of hydrogen-bond acceptors (Lipinski definition) is 3. The molecule has 1 aliphatic heterocycles. The van der Waals surface area contributed by atoms with E-state index < -0.39 is 0 Å². The molecule has 2 heterocycles. The highest BCUT2D eigenvalue weighted by Gasteiger charge is 2.25. The highest BCUT2D eigenvalue weighted by molar-refractivity contribution is 9.10. The molecule has 0 spiro atoms. The van der Waals surface area contributed by atoms with Crippen LogP contribution in [-0.2, 0) is 4.74 Å². The van der Waals surface area contributed by atoms with Crippen LogP contribution in [0.4, 0.5) is 0 Å². The highest BCUT2D eigenvalue weighted by Crippen LogP contribution is 2.27. The van der Waals surface area contributed by atoms with Crippen LogP contribution in [0.2, 0.25) is 0 Å². The molecule has 0 unspecified atom stereocenters. The van der Waals surface area contributed by atoms with Crippen LogP contribution < -0.4 is 0 Å². The fourth-order valence-corrected chi connectivity index (χ4v) is 2.75. The van der Waals surface area contributed by atoms with Crippen molar-refractivity contribution in [3.63, 3.8) is 0 Å². The lowest BCUT2D eigenvalue weighted by Gasteiger charge is -2.30. The van der Waals surface area contributed by atoms with Gasteiger partial charge in [0.25, 0.3) is 5.91 Å². The van der Waals surface area contributed by atoms with Gasteiger partial charge in [-0.05, 0) is 35.0 Å². The van der Waals surface area contributed by atoms with Gasteiger partial charge >= 0.3 is 0 Å². The summed E-state index contributed by atoms with van der Waals surface area (Å²) in [5.74, 6) is 0.314. The number of nitrogens with zero attached hydrogens (tertiary/aromatic N) is 1. The molecule has 3 rings (SSSR count). The van der Waals surface area contributed by atoms with E-state index in [4.69, 9.17) is 9.15 Å². The Morgan fingerprint density at radius 1 is 1.47 bits per heavy atom. The maximum Gasteiger partial charge on any atom is 0.289 e. The Balaban J connectivity index is 1.91. The van der Waals surface area contributed by atoms with Crippen molar-refractivity contribution in [2.75, 3.05) is 19.7 Å². The molecule has 0 N–H and O–H groups in total. The summed E-state index contributed by atoms with van der Waals surface area (Å²) in [6, 6.07) is 7.55. The summed E-state index contributed by atoms with van der Waals surface area (Å²) in [6.45, 7) is 3.77. The molecule has 0 radical (unpaired) electrons. The summed E-state index contributed by atoms with van der Waals surface area (Å²) in [4.78, 5) is 14.2. The van der Waals surface area contributed by atoms with E-state index in [0.717, 1.165) is 9.86 Å². The first-order chi connectivity index (χ1) is 9.15. The molecular formula is C14H14BrNO3. The molecule has 19 heavy (non-hydrogen) atoms. The first kappa shape index (κ1) is 12.7. The van der Waals surface area contributed by atoms with Crippen LogP contribution in [0, 0.1) is 0 Å². The van der Waals surface area contributed by atoms with Gasteiger partial charge in [0, 0.05) is 18.5 Å². The average Bonchev–Trinajstić information content (AvgIpc) is 2.83. The SMILES string of the molecule is C[C@@H]1CN(C(=O)c2cc3cccc(Br)c3o2)CCO1. The standard InChI is InChI=1S/C14H14BrNO3/c1-9-8-16(5-6-18-9)14(17)12-7-10-3-2-4-11(15)13(10)19-12/h2-4,7,9H,5-6,8H2,1H3/t9-/m1/s1. The zero-order valence-corrected chi connectivity index (χ0v) is 12.1.